The van der Waals surface area contributed by atoms with Crippen LogP contribution in [0.4, 0.5) is 0 Å². The molecule has 1 saturated heterocycles. The topological polar surface area (TPSA) is 153 Å². The van der Waals surface area contributed by atoms with Gasteiger partial charge in [0.05, 0.1) is 6.61 Å². The van der Waals surface area contributed by atoms with Crippen molar-refractivity contribution in [2.45, 2.75) is 24.5 Å². The van der Waals surface area contributed by atoms with Crippen LogP contribution in [0.3, 0.4) is 0 Å². The van der Waals surface area contributed by atoms with Gasteiger partial charge in [0.2, 0.25) is 0 Å². The molecule has 3 heterocycles. The monoisotopic (exact) mass is 362 g/mol. The maximum atomic E-state index is 11.7. The van der Waals surface area contributed by atoms with Crippen LogP contribution in [-0.2, 0) is 4.74 Å². The van der Waals surface area contributed by atoms with E-state index in [1.165, 1.54) is 4.57 Å². The van der Waals surface area contributed by atoms with E-state index in [9.17, 15) is 19.8 Å². The van der Waals surface area contributed by atoms with Gasteiger partial charge in [-0.05, 0) is 15.9 Å². The van der Waals surface area contributed by atoms with Crippen LogP contribution < -0.4 is 11.2 Å². The van der Waals surface area contributed by atoms with Gasteiger partial charge in [0, 0.05) is 0 Å². The average molecular weight is 363 g/mol. The molecular formula is C10H11BrN4O6. The van der Waals surface area contributed by atoms with Gasteiger partial charge in [0.1, 0.15) is 18.3 Å². The van der Waals surface area contributed by atoms with Crippen molar-refractivity contribution in [1.29, 1.82) is 0 Å². The summed E-state index contributed by atoms with van der Waals surface area (Å²) < 4.78 is 6.71. The minimum atomic E-state index is -1.36. The van der Waals surface area contributed by atoms with Crippen molar-refractivity contribution < 1.29 is 20.1 Å². The second kappa shape index (κ2) is 5.03. The SMILES string of the molecule is O=c1[nH]c(=O)c2nc(Br)n([C@@H]3OC(CO)C(O)C3O)c2[nH]1. The lowest BCUT2D eigenvalue weighted by Crippen LogP contribution is -2.33. The molecule has 0 aliphatic carbocycles. The number of fused-ring (bicyclic) bond motifs is 1. The highest BCUT2D eigenvalue weighted by atomic mass is 79.9. The quantitative estimate of drug-likeness (QED) is 0.379. The Kier molecular flexibility index (Phi) is 3.45. The summed E-state index contributed by atoms with van der Waals surface area (Å²) in [4.78, 5) is 31.4. The minimum absolute atomic E-state index is 0.0328. The zero-order valence-corrected chi connectivity index (χ0v) is 11.9. The van der Waals surface area contributed by atoms with E-state index in [2.05, 4.69) is 25.9 Å². The molecule has 4 atom stereocenters. The zero-order chi connectivity index (χ0) is 15.3. The molecule has 0 bridgehead atoms. The first kappa shape index (κ1) is 14.4. The van der Waals surface area contributed by atoms with Crippen molar-refractivity contribution in [2.24, 2.45) is 0 Å². The van der Waals surface area contributed by atoms with Crippen LogP contribution in [0.15, 0.2) is 14.3 Å². The normalized spacial score (nSPS) is 29.3. The molecule has 10 nitrogen and oxygen atoms in total. The minimum Gasteiger partial charge on any atom is -0.394 e. The van der Waals surface area contributed by atoms with Gasteiger partial charge in [0.25, 0.3) is 5.56 Å². The summed E-state index contributed by atoms with van der Waals surface area (Å²) in [5.41, 5.74) is -1.46. The zero-order valence-electron chi connectivity index (χ0n) is 10.4. The second-order valence-corrected chi connectivity index (χ2v) is 5.29. The summed E-state index contributed by atoms with van der Waals surface area (Å²) in [5, 5.41) is 28.9. The molecule has 5 N–H and O–H groups in total. The number of nitrogens with one attached hydrogen (secondary N) is 2. The Balaban J connectivity index is 2.19. The molecule has 0 spiro atoms. The van der Waals surface area contributed by atoms with E-state index >= 15 is 0 Å². The number of nitrogens with zero attached hydrogens (tertiary/aromatic N) is 2. The Bertz CT molecular complexity index is 797. The summed E-state index contributed by atoms with van der Waals surface area (Å²) >= 11 is 3.11. The lowest BCUT2D eigenvalue weighted by Gasteiger charge is -2.17. The number of aromatic nitrogens is 4. The van der Waals surface area contributed by atoms with Gasteiger partial charge in [-0.15, -0.1) is 0 Å². The molecule has 1 aliphatic heterocycles. The summed E-state index contributed by atoms with van der Waals surface area (Å²) in [6.07, 6.45) is -4.77. The Morgan fingerprint density at radius 1 is 1.29 bits per heavy atom. The average Bonchev–Trinajstić information content (AvgIpc) is 2.89. The number of rotatable bonds is 2. The number of ether oxygens (including phenoxy) is 1. The number of aliphatic hydroxyl groups excluding tert-OH is 3. The van der Waals surface area contributed by atoms with Crippen molar-refractivity contribution in [1.82, 2.24) is 19.5 Å². The van der Waals surface area contributed by atoms with E-state index in [1.807, 2.05) is 4.98 Å². The third-order valence-corrected chi connectivity index (χ3v) is 3.87. The van der Waals surface area contributed by atoms with Gasteiger partial charge < -0.3 is 20.1 Å². The smallest absolute Gasteiger partial charge is 0.327 e. The third-order valence-electron chi connectivity index (χ3n) is 3.31. The van der Waals surface area contributed by atoms with Crippen molar-refractivity contribution in [3.63, 3.8) is 0 Å². The van der Waals surface area contributed by atoms with Crippen molar-refractivity contribution in [3.05, 3.63) is 25.6 Å². The van der Waals surface area contributed by atoms with Gasteiger partial charge in [-0.1, -0.05) is 0 Å². The Morgan fingerprint density at radius 3 is 2.62 bits per heavy atom. The summed E-state index contributed by atoms with van der Waals surface area (Å²) in [5.74, 6) is 0. The molecule has 3 rings (SSSR count). The van der Waals surface area contributed by atoms with Crippen LogP contribution >= 0.6 is 15.9 Å². The lowest BCUT2D eigenvalue weighted by molar-refractivity contribution is -0.0521. The molecule has 2 aromatic rings. The van der Waals surface area contributed by atoms with Gasteiger partial charge in [0.15, 0.2) is 22.1 Å². The second-order valence-electron chi connectivity index (χ2n) is 4.59. The molecule has 0 amide bonds. The number of aliphatic hydroxyl groups is 3. The molecule has 21 heavy (non-hydrogen) atoms. The molecule has 1 fully saturated rings. The van der Waals surface area contributed by atoms with Crippen LogP contribution in [0.2, 0.25) is 0 Å². The van der Waals surface area contributed by atoms with E-state index < -0.39 is 42.4 Å². The number of hydrogen-bond donors (Lipinski definition) is 5. The number of aromatic amines is 2. The number of imidazole rings is 1. The van der Waals surface area contributed by atoms with Crippen LogP contribution in [-0.4, -0.2) is 59.8 Å². The van der Waals surface area contributed by atoms with Gasteiger partial charge >= 0.3 is 5.69 Å². The Labute approximate surface area is 124 Å². The molecule has 2 aromatic heterocycles. The van der Waals surface area contributed by atoms with Crippen LogP contribution in [0.5, 0.6) is 0 Å². The highest BCUT2D eigenvalue weighted by Crippen LogP contribution is 2.33. The molecule has 11 heteroatoms. The van der Waals surface area contributed by atoms with E-state index in [0.29, 0.717) is 0 Å². The Hall–Kier alpha value is -1.53. The maximum absolute atomic E-state index is 11.7. The number of halogens is 1. The molecular weight excluding hydrogens is 352 g/mol. The first-order chi connectivity index (χ1) is 9.93. The molecule has 1 aliphatic rings. The van der Waals surface area contributed by atoms with Gasteiger partial charge in [-0.25, -0.2) is 9.78 Å². The van der Waals surface area contributed by atoms with Gasteiger partial charge in [-0.3, -0.25) is 19.3 Å². The van der Waals surface area contributed by atoms with Crippen LogP contribution in [0.25, 0.3) is 11.2 Å². The molecule has 0 radical (unpaired) electrons. The molecule has 0 aromatic carbocycles. The number of H-pyrrole nitrogens is 2. The standard InChI is InChI=1S/C10H11BrN4O6/c11-9-12-3-6(13-10(20)14-7(3)19)15(9)8-5(18)4(17)2(1-16)21-8/h2,4-5,8,16-18H,1H2,(H2,13,14,19,20)/t2?,4?,5?,8-/m1/s1. The van der Waals surface area contributed by atoms with Crippen molar-refractivity contribution in [3.8, 4) is 0 Å². The fourth-order valence-corrected chi connectivity index (χ4v) is 2.87. The van der Waals surface area contributed by atoms with E-state index in [1.54, 1.807) is 0 Å². The first-order valence-electron chi connectivity index (χ1n) is 5.96. The summed E-state index contributed by atoms with van der Waals surface area (Å²) in [6.45, 7) is -0.490. The van der Waals surface area contributed by atoms with E-state index in [4.69, 9.17) is 9.84 Å². The van der Waals surface area contributed by atoms with Crippen molar-refractivity contribution in [2.75, 3.05) is 6.61 Å². The Morgan fingerprint density at radius 2 is 2.00 bits per heavy atom. The highest BCUT2D eigenvalue weighted by molar-refractivity contribution is 9.10. The molecule has 3 unspecified atom stereocenters. The van der Waals surface area contributed by atoms with E-state index in [-0.39, 0.29) is 15.9 Å². The molecule has 0 saturated carbocycles. The third kappa shape index (κ3) is 2.13. The predicted octanol–water partition coefficient (Wildman–Crippen LogP) is -2.21. The maximum Gasteiger partial charge on any atom is 0.327 e. The molecule has 114 valence electrons. The van der Waals surface area contributed by atoms with Crippen LogP contribution in [0.1, 0.15) is 6.23 Å². The van der Waals surface area contributed by atoms with Crippen LogP contribution in [0, 0.1) is 0 Å². The fourth-order valence-electron chi connectivity index (χ4n) is 2.31. The summed E-state index contributed by atoms with van der Waals surface area (Å²) in [6, 6.07) is 0. The first-order valence-corrected chi connectivity index (χ1v) is 6.76. The largest absolute Gasteiger partial charge is 0.394 e. The fraction of sp³-hybridized carbons (Fsp3) is 0.500. The van der Waals surface area contributed by atoms with Gasteiger partial charge in [-0.2, -0.15) is 0 Å². The lowest BCUT2D eigenvalue weighted by atomic mass is 10.1. The van der Waals surface area contributed by atoms with E-state index in [0.717, 1.165) is 0 Å². The number of hydrogen-bond acceptors (Lipinski definition) is 7. The highest BCUT2D eigenvalue weighted by Gasteiger charge is 2.44. The van der Waals surface area contributed by atoms with Crippen molar-refractivity contribution >= 4 is 27.1 Å². The predicted molar refractivity (Wildman–Crippen MR) is 71.7 cm³/mol. The summed E-state index contributed by atoms with van der Waals surface area (Å²) in [7, 11) is 0.